The minimum absolute atomic E-state index is 0.0654. The van der Waals surface area contributed by atoms with Gasteiger partial charge in [0.2, 0.25) is 5.78 Å². The summed E-state index contributed by atoms with van der Waals surface area (Å²) in [7, 11) is 0. The van der Waals surface area contributed by atoms with Crippen LogP contribution >= 0.6 is 0 Å². The van der Waals surface area contributed by atoms with E-state index in [4.69, 9.17) is 5.26 Å². The van der Waals surface area contributed by atoms with E-state index in [1.54, 1.807) is 0 Å². The molecule has 0 aromatic rings. The summed E-state index contributed by atoms with van der Waals surface area (Å²) < 4.78 is 0. The predicted octanol–water partition coefficient (Wildman–Crippen LogP) is 2.30. The van der Waals surface area contributed by atoms with E-state index in [0.717, 1.165) is 13.0 Å². The van der Waals surface area contributed by atoms with Gasteiger partial charge < -0.3 is 5.32 Å². The van der Waals surface area contributed by atoms with Gasteiger partial charge in [0, 0.05) is 13.0 Å². The van der Waals surface area contributed by atoms with E-state index >= 15 is 0 Å². The number of hydrogen-bond donors (Lipinski definition) is 2. The molecule has 0 saturated heterocycles. The first-order valence-corrected chi connectivity index (χ1v) is 6.81. The summed E-state index contributed by atoms with van der Waals surface area (Å²) in [5, 5.41) is 11.1. The first kappa shape index (κ1) is 17.1. The summed E-state index contributed by atoms with van der Waals surface area (Å²) in [6, 6.07) is 0. The minimum atomic E-state index is -1.19. The van der Waals surface area contributed by atoms with Gasteiger partial charge in [-0.15, -0.1) is 0 Å². The Balaban J connectivity index is 3.16. The van der Waals surface area contributed by atoms with E-state index in [-0.39, 0.29) is 6.42 Å². The fraction of sp³-hybridized carbons (Fsp3) is 0.846. The van der Waals surface area contributed by atoms with Gasteiger partial charge in [0.05, 0.1) is 0 Å². The Hall–Kier alpha value is -0.940. The fourth-order valence-electron chi connectivity index (χ4n) is 1.69. The number of ketones is 1. The van der Waals surface area contributed by atoms with Crippen molar-refractivity contribution in [3.05, 3.63) is 0 Å². The summed E-state index contributed by atoms with van der Waals surface area (Å²) in [5.41, 5.74) is 0. The zero-order chi connectivity index (χ0) is 13.6. The summed E-state index contributed by atoms with van der Waals surface area (Å²) >= 11 is 0. The SMILES string of the molecule is CCCCCCCCCNCCC(=O)C(=O)OO. The third-order valence-corrected chi connectivity index (χ3v) is 2.80. The lowest BCUT2D eigenvalue weighted by Crippen LogP contribution is -2.24. The normalized spacial score (nSPS) is 10.3. The van der Waals surface area contributed by atoms with Crippen LogP contribution in [-0.2, 0) is 14.5 Å². The lowest BCUT2D eigenvalue weighted by molar-refractivity contribution is -0.232. The highest BCUT2D eigenvalue weighted by Crippen LogP contribution is 2.06. The van der Waals surface area contributed by atoms with Crippen LogP contribution in [0.4, 0.5) is 0 Å². The maximum absolute atomic E-state index is 10.9. The molecular formula is C13H25NO4. The van der Waals surface area contributed by atoms with Crippen LogP contribution in [0.5, 0.6) is 0 Å². The summed E-state index contributed by atoms with van der Waals surface area (Å²) in [6.45, 7) is 3.51. The topological polar surface area (TPSA) is 75.6 Å². The van der Waals surface area contributed by atoms with Gasteiger partial charge in [-0.25, -0.2) is 4.79 Å². The van der Waals surface area contributed by atoms with Crippen molar-refractivity contribution in [2.75, 3.05) is 13.1 Å². The van der Waals surface area contributed by atoms with Crippen LogP contribution in [0.1, 0.15) is 58.3 Å². The van der Waals surface area contributed by atoms with E-state index in [0.29, 0.717) is 6.54 Å². The van der Waals surface area contributed by atoms with Gasteiger partial charge in [-0.2, -0.15) is 5.26 Å². The monoisotopic (exact) mass is 259 g/mol. The second kappa shape index (κ2) is 12.5. The van der Waals surface area contributed by atoms with Crippen molar-refractivity contribution in [3.8, 4) is 0 Å². The lowest BCUT2D eigenvalue weighted by Gasteiger charge is -2.03. The first-order valence-electron chi connectivity index (χ1n) is 6.81. The van der Waals surface area contributed by atoms with Crippen LogP contribution in [0.15, 0.2) is 0 Å². The maximum Gasteiger partial charge on any atom is 0.408 e. The summed E-state index contributed by atoms with van der Waals surface area (Å²) in [6.07, 6.45) is 8.82. The second-order valence-electron chi connectivity index (χ2n) is 4.42. The molecule has 0 unspecified atom stereocenters. The number of rotatable bonds is 12. The molecule has 0 heterocycles. The van der Waals surface area contributed by atoms with Crippen LogP contribution in [0, 0.1) is 0 Å². The van der Waals surface area contributed by atoms with Crippen molar-refractivity contribution in [1.82, 2.24) is 5.32 Å². The van der Waals surface area contributed by atoms with E-state index in [2.05, 4.69) is 17.1 Å². The Bertz CT molecular complexity index is 231. The second-order valence-corrected chi connectivity index (χ2v) is 4.42. The van der Waals surface area contributed by atoms with Gasteiger partial charge in [-0.3, -0.25) is 9.68 Å². The molecule has 18 heavy (non-hydrogen) atoms. The number of carbonyl (C=O) groups excluding carboxylic acids is 2. The third-order valence-electron chi connectivity index (χ3n) is 2.80. The number of Topliss-reactive ketones (excluding diaryl/α,β-unsaturated/α-hetero) is 1. The molecule has 0 fully saturated rings. The van der Waals surface area contributed by atoms with Crippen molar-refractivity contribution >= 4 is 11.8 Å². The van der Waals surface area contributed by atoms with Gasteiger partial charge in [-0.1, -0.05) is 45.4 Å². The quantitative estimate of drug-likeness (QED) is 0.243. The molecule has 0 rings (SSSR count). The molecule has 0 bridgehead atoms. The fourth-order valence-corrected chi connectivity index (χ4v) is 1.69. The highest BCUT2D eigenvalue weighted by atomic mass is 17.1. The van der Waals surface area contributed by atoms with Crippen molar-refractivity contribution in [3.63, 3.8) is 0 Å². The lowest BCUT2D eigenvalue weighted by atomic mass is 10.1. The summed E-state index contributed by atoms with van der Waals surface area (Å²) in [5.74, 6) is -1.89. The Morgan fingerprint density at radius 3 is 2.22 bits per heavy atom. The average Bonchev–Trinajstić information content (AvgIpc) is 2.39. The molecule has 0 aromatic carbocycles. The van der Waals surface area contributed by atoms with Crippen LogP contribution in [-0.4, -0.2) is 30.1 Å². The number of nitrogens with one attached hydrogen (secondary N) is 1. The van der Waals surface area contributed by atoms with E-state index in [1.165, 1.54) is 38.5 Å². The molecule has 5 nitrogen and oxygen atoms in total. The molecule has 0 aliphatic heterocycles. The van der Waals surface area contributed by atoms with E-state index < -0.39 is 11.8 Å². The molecule has 0 atom stereocenters. The standard InChI is InChI=1S/C13H25NO4/c1-2-3-4-5-6-7-8-10-14-11-9-12(15)13(16)18-17/h14,17H,2-11H2,1H3. The Morgan fingerprint density at radius 2 is 1.61 bits per heavy atom. The first-order chi connectivity index (χ1) is 8.72. The largest absolute Gasteiger partial charge is 0.408 e. The maximum atomic E-state index is 10.9. The Labute approximate surface area is 109 Å². The van der Waals surface area contributed by atoms with Crippen LogP contribution in [0.2, 0.25) is 0 Å². The molecule has 0 aliphatic rings. The predicted molar refractivity (Wildman–Crippen MR) is 69.2 cm³/mol. The number of hydrogen-bond acceptors (Lipinski definition) is 5. The smallest absolute Gasteiger partial charge is 0.316 e. The molecule has 5 heteroatoms. The molecule has 0 aliphatic carbocycles. The van der Waals surface area contributed by atoms with Crippen LogP contribution in [0.25, 0.3) is 0 Å². The average molecular weight is 259 g/mol. The van der Waals surface area contributed by atoms with Crippen molar-refractivity contribution in [1.29, 1.82) is 0 Å². The zero-order valence-electron chi connectivity index (χ0n) is 11.2. The number of carbonyl (C=O) groups is 2. The third kappa shape index (κ3) is 10.2. The van der Waals surface area contributed by atoms with Gasteiger partial charge in [0.25, 0.3) is 0 Å². The highest BCUT2D eigenvalue weighted by Gasteiger charge is 2.13. The molecule has 0 spiro atoms. The van der Waals surface area contributed by atoms with Crippen molar-refractivity contribution in [2.24, 2.45) is 0 Å². The van der Waals surface area contributed by atoms with Gasteiger partial charge >= 0.3 is 5.97 Å². The molecular weight excluding hydrogens is 234 g/mol. The van der Waals surface area contributed by atoms with Gasteiger partial charge in [0.1, 0.15) is 0 Å². The van der Waals surface area contributed by atoms with Crippen LogP contribution in [0.3, 0.4) is 0 Å². The van der Waals surface area contributed by atoms with Gasteiger partial charge in [0.15, 0.2) is 0 Å². The molecule has 0 amide bonds. The van der Waals surface area contributed by atoms with Crippen molar-refractivity contribution in [2.45, 2.75) is 58.3 Å². The Kier molecular flexibility index (Phi) is 11.9. The van der Waals surface area contributed by atoms with E-state index in [1.807, 2.05) is 0 Å². The van der Waals surface area contributed by atoms with E-state index in [9.17, 15) is 9.59 Å². The van der Waals surface area contributed by atoms with Crippen molar-refractivity contribution < 1.29 is 19.7 Å². The summed E-state index contributed by atoms with van der Waals surface area (Å²) in [4.78, 5) is 24.8. The molecule has 106 valence electrons. The van der Waals surface area contributed by atoms with Crippen LogP contribution < -0.4 is 5.32 Å². The minimum Gasteiger partial charge on any atom is -0.316 e. The molecule has 0 saturated carbocycles. The number of unbranched alkanes of at least 4 members (excludes halogenated alkanes) is 6. The Morgan fingerprint density at radius 1 is 1.00 bits per heavy atom. The molecule has 2 N–H and O–H groups in total. The highest BCUT2D eigenvalue weighted by molar-refractivity contribution is 6.33. The zero-order valence-corrected chi connectivity index (χ0v) is 11.2. The molecule has 0 aromatic heterocycles. The molecule has 0 radical (unpaired) electrons. The van der Waals surface area contributed by atoms with Gasteiger partial charge in [-0.05, 0) is 13.0 Å².